The molecule has 0 saturated heterocycles. The van der Waals surface area contributed by atoms with Crippen LogP contribution in [0, 0.1) is 11.8 Å². The Hall–Kier alpha value is 0. The molecule has 0 aromatic carbocycles. The molecule has 0 aromatic heterocycles. The molecule has 1 unspecified atom stereocenters. The molecule has 0 aliphatic heterocycles. The quantitative estimate of drug-likeness (QED) is 0.236. The summed E-state index contributed by atoms with van der Waals surface area (Å²) in [6, 6.07) is 0. The maximum absolute atomic E-state index is 2.35. The van der Waals surface area contributed by atoms with E-state index in [1.165, 1.54) is 103 Å². The summed E-state index contributed by atoms with van der Waals surface area (Å²) in [6.07, 6.45) is 23.3. The molecule has 0 amide bonds. The minimum Gasteiger partial charge on any atom is -0.0654 e. The van der Waals surface area contributed by atoms with Crippen LogP contribution in [-0.4, -0.2) is 0 Å². The Labute approximate surface area is 142 Å². The van der Waals surface area contributed by atoms with E-state index < -0.39 is 0 Å². The minimum atomic E-state index is 1.03. The SMILES string of the molecule is CCCCCCC(CCCCC)CC(CCCC)CCCC. The van der Waals surface area contributed by atoms with Crippen molar-refractivity contribution >= 4 is 0 Å². The first-order chi connectivity index (χ1) is 10.8. The molecule has 0 heterocycles. The minimum absolute atomic E-state index is 1.03. The van der Waals surface area contributed by atoms with E-state index in [4.69, 9.17) is 0 Å². The third-order valence-corrected chi connectivity index (χ3v) is 5.28. The fraction of sp³-hybridized carbons (Fsp3) is 1.00. The molecule has 0 N–H and O–H groups in total. The van der Waals surface area contributed by atoms with Crippen LogP contribution in [0.2, 0.25) is 0 Å². The fourth-order valence-electron chi connectivity index (χ4n) is 3.76. The summed E-state index contributed by atoms with van der Waals surface area (Å²) in [6.45, 7) is 9.35. The molecule has 0 bridgehead atoms. The average molecular weight is 311 g/mol. The molecular formula is C22H46. The molecular weight excluding hydrogens is 264 g/mol. The van der Waals surface area contributed by atoms with Crippen molar-refractivity contribution in [3.05, 3.63) is 0 Å². The molecule has 0 rings (SSSR count). The molecule has 134 valence electrons. The monoisotopic (exact) mass is 310 g/mol. The molecule has 0 spiro atoms. The second-order valence-electron chi connectivity index (χ2n) is 7.60. The van der Waals surface area contributed by atoms with Gasteiger partial charge >= 0.3 is 0 Å². The lowest BCUT2D eigenvalue weighted by molar-refractivity contribution is 0.286. The molecule has 0 radical (unpaired) electrons. The first kappa shape index (κ1) is 22.0. The number of rotatable bonds is 17. The van der Waals surface area contributed by atoms with Gasteiger partial charge in [0.1, 0.15) is 0 Å². The molecule has 0 saturated carbocycles. The lowest BCUT2D eigenvalue weighted by Crippen LogP contribution is -2.10. The third-order valence-electron chi connectivity index (χ3n) is 5.28. The summed E-state index contributed by atoms with van der Waals surface area (Å²) >= 11 is 0. The van der Waals surface area contributed by atoms with Gasteiger partial charge in [-0.05, 0) is 18.3 Å². The summed E-state index contributed by atoms with van der Waals surface area (Å²) in [5.41, 5.74) is 0. The Morgan fingerprint density at radius 1 is 0.409 bits per heavy atom. The number of hydrogen-bond acceptors (Lipinski definition) is 0. The normalized spacial score (nSPS) is 13.0. The summed E-state index contributed by atoms with van der Waals surface area (Å²) in [4.78, 5) is 0. The van der Waals surface area contributed by atoms with Crippen molar-refractivity contribution in [1.29, 1.82) is 0 Å². The largest absolute Gasteiger partial charge is 0.0654 e. The summed E-state index contributed by atoms with van der Waals surface area (Å²) < 4.78 is 0. The average Bonchev–Trinajstić information content (AvgIpc) is 2.53. The van der Waals surface area contributed by atoms with Gasteiger partial charge in [0.2, 0.25) is 0 Å². The van der Waals surface area contributed by atoms with E-state index >= 15 is 0 Å². The molecule has 0 nitrogen and oxygen atoms in total. The van der Waals surface area contributed by atoms with Gasteiger partial charge in [-0.25, -0.2) is 0 Å². The van der Waals surface area contributed by atoms with Crippen molar-refractivity contribution in [1.82, 2.24) is 0 Å². The lowest BCUT2D eigenvalue weighted by atomic mass is 9.82. The maximum Gasteiger partial charge on any atom is -0.0412 e. The summed E-state index contributed by atoms with van der Waals surface area (Å²) in [7, 11) is 0. The van der Waals surface area contributed by atoms with E-state index in [0.29, 0.717) is 0 Å². The molecule has 0 fully saturated rings. The number of hydrogen-bond donors (Lipinski definition) is 0. The number of unbranched alkanes of at least 4 members (excludes halogenated alkanes) is 7. The highest BCUT2D eigenvalue weighted by Crippen LogP contribution is 2.30. The zero-order chi connectivity index (χ0) is 16.5. The smallest absolute Gasteiger partial charge is 0.0412 e. The second-order valence-corrected chi connectivity index (χ2v) is 7.60. The van der Waals surface area contributed by atoms with E-state index in [-0.39, 0.29) is 0 Å². The van der Waals surface area contributed by atoms with E-state index in [2.05, 4.69) is 27.7 Å². The van der Waals surface area contributed by atoms with Gasteiger partial charge in [0.15, 0.2) is 0 Å². The van der Waals surface area contributed by atoms with Crippen LogP contribution in [0.4, 0.5) is 0 Å². The predicted molar refractivity (Wildman–Crippen MR) is 104 cm³/mol. The Bertz CT molecular complexity index is 188. The van der Waals surface area contributed by atoms with Crippen molar-refractivity contribution in [3.8, 4) is 0 Å². The van der Waals surface area contributed by atoms with E-state index in [9.17, 15) is 0 Å². The topological polar surface area (TPSA) is 0 Å². The highest BCUT2D eigenvalue weighted by atomic mass is 14.2. The molecule has 0 aromatic rings. The highest BCUT2D eigenvalue weighted by Gasteiger charge is 2.16. The van der Waals surface area contributed by atoms with Crippen LogP contribution in [-0.2, 0) is 0 Å². The van der Waals surface area contributed by atoms with Gasteiger partial charge in [0.05, 0.1) is 0 Å². The standard InChI is InChI=1S/C22H46/c1-5-9-13-15-19-22(18-14-10-6-2)20-21(16-11-7-3)17-12-8-4/h21-22H,5-20H2,1-4H3. The van der Waals surface area contributed by atoms with Crippen molar-refractivity contribution in [2.24, 2.45) is 11.8 Å². The van der Waals surface area contributed by atoms with Gasteiger partial charge in [0.25, 0.3) is 0 Å². The summed E-state index contributed by atoms with van der Waals surface area (Å²) in [5, 5.41) is 0. The molecule has 0 heteroatoms. The molecule has 0 aliphatic carbocycles. The Morgan fingerprint density at radius 2 is 0.773 bits per heavy atom. The van der Waals surface area contributed by atoms with Crippen LogP contribution >= 0.6 is 0 Å². The van der Waals surface area contributed by atoms with Crippen molar-refractivity contribution in [2.75, 3.05) is 0 Å². The molecule has 0 aliphatic rings. The van der Waals surface area contributed by atoms with Crippen LogP contribution in [0.25, 0.3) is 0 Å². The van der Waals surface area contributed by atoms with Crippen LogP contribution in [0.5, 0.6) is 0 Å². The zero-order valence-electron chi connectivity index (χ0n) is 16.5. The van der Waals surface area contributed by atoms with Crippen molar-refractivity contribution in [3.63, 3.8) is 0 Å². The van der Waals surface area contributed by atoms with Gasteiger partial charge in [-0.3, -0.25) is 0 Å². The second kappa shape index (κ2) is 17.4. The molecule has 1 atom stereocenters. The third kappa shape index (κ3) is 13.6. The first-order valence-electron chi connectivity index (χ1n) is 10.8. The van der Waals surface area contributed by atoms with Crippen LogP contribution < -0.4 is 0 Å². The Kier molecular flexibility index (Phi) is 17.4. The Morgan fingerprint density at radius 3 is 1.23 bits per heavy atom. The first-order valence-corrected chi connectivity index (χ1v) is 10.8. The van der Waals surface area contributed by atoms with Gasteiger partial charge in [0, 0.05) is 0 Å². The van der Waals surface area contributed by atoms with Crippen molar-refractivity contribution < 1.29 is 0 Å². The van der Waals surface area contributed by atoms with Crippen LogP contribution in [0.15, 0.2) is 0 Å². The highest BCUT2D eigenvalue weighted by molar-refractivity contribution is 4.68. The zero-order valence-corrected chi connectivity index (χ0v) is 16.5. The van der Waals surface area contributed by atoms with Crippen molar-refractivity contribution in [2.45, 2.75) is 130 Å². The summed E-state index contributed by atoms with van der Waals surface area (Å²) in [5.74, 6) is 2.06. The predicted octanol–water partition coefficient (Wildman–Crippen LogP) is 8.54. The fourth-order valence-corrected chi connectivity index (χ4v) is 3.76. The molecule has 22 heavy (non-hydrogen) atoms. The van der Waals surface area contributed by atoms with E-state index in [1.807, 2.05) is 0 Å². The van der Waals surface area contributed by atoms with Gasteiger partial charge in [-0.2, -0.15) is 0 Å². The lowest BCUT2D eigenvalue weighted by Gasteiger charge is -2.24. The van der Waals surface area contributed by atoms with Gasteiger partial charge in [-0.1, -0.05) is 124 Å². The van der Waals surface area contributed by atoms with Gasteiger partial charge in [-0.15, -0.1) is 0 Å². The van der Waals surface area contributed by atoms with E-state index in [0.717, 1.165) is 11.8 Å². The van der Waals surface area contributed by atoms with Crippen LogP contribution in [0.1, 0.15) is 130 Å². The van der Waals surface area contributed by atoms with Crippen LogP contribution in [0.3, 0.4) is 0 Å². The van der Waals surface area contributed by atoms with Gasteiger partial charge < -0.3 is 0 Å². The maximum atomic E-state index is 2.35. The Balaban J connectivity index is 4.24. The van der Waals surface area contributed by atoms with E-state index in [1.54, 1.807) is 0 Å².